The zero-order valence-corrected chi connectivity index (χ0v) is 26.8. The van der Waals surface area contributed by atoms with Gasteiger partial charge >= 0.3 is 7.82 Å². The van der Waals surface area contributed by atoms with Gasteiger partial charge in [0.2, 0.25) is 0 Å². The van der Waals surface area contributed by atoms with Crippen LogP contribution in [0.1, 0.15) is 0 Å². The molecular formula is C25H46NO23P. The highest BCUT2D eigenvalue weighted by Gasteiger charge is 2.57. The van der Waals surface area contributed by atoms with E-state index < -0.39 is 163 Å². The Labute approximate surface area is 282 Å². The number of hydrogen-bond donors (Lipinski definition) is 16. The second-order valence-corrected chi connectivity index (χ2v) is 13.7. The Morgan fingerprint density at radius 3 is 1.64 bits per heavy atom. The molecule has 0 radical (unpaired) electrons. The molecule has 0 aromatic carbocycles. The van der Waals surface area contributed by atoms with Crippen LogP contribution in [0.2, 0.25) is 0 Å². The molecule has 1 saturated carbocycles. The molecule has 4 rings (SSSR count). The van der Waals surface area contributed by atoms with Crippen LogP contribution in [-0.2, 0) is 37.5 Å². The van der Waals surface area contributed by atoms with Gasteiger partial charge in [-0.1, -0.05) is 0 Å². The van der Waals surface area contributed by atoms with E-state index in [0.29, 0.717) is 0 Å². The van der Waals surface area contributed by atoms with Crippen LogP contribution in [0.3, 0.4) is 0 Å². The molecule has 24 nitrogen and oxygen atoms in total. The van der Waals surface area contributed by atoms with Crippen LogP contribution in [0.5, 0.6) is 0 Å². The van der Waals surface area contributed by atoms with Gasteiger partial charge < -0.3 is 110 Å². The van der Waals surface area contributed by atoms with E-state index >= 15 is 0 Å². The standard InChI is InChI=1S/C25H46NO23P/c26-10-15(33)21(6(2-28)45-23(10)39)49-25-19(37)16(34)12(30)7(46-25)3-43-22(38)9-14(32)11(29)5(1-27)20(9)48-24-18(36)17(35)13(31)8(47-24)4-44-50(40,41)42/h5-25,27-39H,1-4,26H2,(H2,40,41,42)/t5?,6?,7?,8?,9-,10?,11+,12+,13-,14?,15+,16?,17-,18?,19+,20?,21+,22+,23-,24+,25+/m0/s1. The summed E-state index contributed by atoms with van der Waals surface area (Å²) in [6.45, 7) is -3.54. The second kappa shape index (κ2) is 17.2. The first-order valence-corrected chi connectivity index (χ1v) is 16.9. The SMILES string of the molecule is NC1[C@@H](O)[C@H](O[C@H]2OC(CO[C@@H](O)[C@@H]3C(O[C@H]4OC(COP(=O)(O)O)[C@H](O)[C@H](O)C4O)C(CO)[C@@H](O)C3O)[C@@H](O)C(O)[C@H]2O)C(CO)O[C@@H]1O. The van der Waals surface area contributed by atoms with Crippen LogP contribution in [0.15, 0.2) is 0 Å². The minimum absolute atomic E-state index is 0.795. The fourth-order valence-electron chi connectivity index (χ4n) is 6.28. The number of hydrogen-bond acceptors (Lipinski definition) is 22. The Kier molecular flexibility index (Phi) is 14.5. The Hall–Kier alpha value is -0.690. The third-order valence-electron chi connectivity index (χ3n) is 9.20. The van der Waals surface area contributed by atoms with Crippen LogP contribution in [-0.4, -0.2) is 219 Å². The average Bonchev–Trinajstić information content (AvgIpc) is 3.30. The summed E-state index contributed by atoms with van der Waals surface area (Å²) in [7, 11) is -5.08. The van der Waals surface area contributed by atoms with E-state index in [1.807, 2.05) is 0 Å². The van der Waals surface area contributed by atoms with Gasteiger partial charge in [0.25, 0.3) is 0 Å². The van der Waals surface area contributed by atoms with Gasteiger partial charge in [-0.25, -0.2) is 4.57 Å². The van der Waals surface area contributed by atoms with Gasteiger partial charge in [0.15, 0.2) is 25.2 Å². The molecule has 0 bridgehead atoms. The van der Waals surface area contributed by atoms with Crippen molar-refractivity contribution in [1.82, 2.24) is 0 Å². The fourth-order valence-corrected chi connectivity index (χ4v) is 6.62. The van der Waals surface area contributed by atoms with Crippen molar-refractivity contribution in [2.75, 3.05) is 26.4 Å². The number of ether oxygens (including phenoxy) is 6. The Balaban J connectivity index is 1.46. The molecule has 294 valence electrons. The smallest absolute Gasteiger partial charge is 0.396 e. The Morgan fingerprint density at radius 1 is 0.620 bits per heavy atom. The normalized spacial score (nSPS) is 49.6. The molecule has 21 atom stereocenters. The number of phosphoric acid groups is 1. The lowest BCUT2D eigenvalue weighted by Crippen LogP contribution is -2.66. The molecule has 0 spiro atoms. The molecular weight excluding hydrogens is 713 g/mol. The average molecular weight is 760 g/mol. The van der Waals surface area contributed by atoms with Crippen molar-refractivity contribution in [3.05, 3.63) is 0 Å². The van der Waals surface area contributed by atoms with Crippen molar-refractivity contribution >= 4 is 7.82 Å². The Morgan fingerprint density at radius 2 is 1.14 bits per heavy atom. The summed E-state index contributed by atoms with van der Waals surface area (Å²) in [5.74, 6) is -3.12. The molecule has 3 saturated heterocycles. The predicted octanol–water partition coefficient (Wildman–Crippen LogP) is -9.83. The second-order valence-electron chi connectivity index (χ2n) is 12.5. The zero-order valence-electron chi connectivity index (χ0n) is 26.0. The summed E-state index contributed by atoms with van der Waals surface area (Å²) in [5, 5.41) is 135. The molecule has 0 aromatic rings. The van der Waals surface area contributed by atoms with E-state index in [2.05, 4.69) is 4.52 Å². The van der Waals surface area contributed by atoms with Crippen molar-refractivity contribution in [3.8, 4) is 0 Å². The molecule has 4 fully saturated rings. The maximum absolute atomic E-state index is 11.1. The Bertz CT molecular complexity index is 1120. The van der Waals surface area contributed by atoms with Crippen LogP contribution in [0, 0.1) is 11.8 Å². The maximum atomic E-state index is 11.1. The van der Waals surface area contributed by atoms with Crippen molar-refractivity contribution in [2.45, 2.75) is 117 Å². The number of phosphoric ester groups is 1. The lowest BCUT2D eigenvalue weighted by atomic mass is 9.96. The molecule has 25 heteroatoms. The van der Waals surface area contributed by atoms with Crippen LogP contribution >= 0.6 is 7.82 Å². The molecule has 9 unspecified atom stereocenters. The molecule has 17 N–H and O–H groups in total. The van der Waals surface area contributed by atoms with Crippen molar-refractivity contribution in [3.63, 3.8) is 0 Å². The van der Waals surface area contributed by atoms with Gasteiger partial charge in [-0.15, -0.1) is 0 Å². The van der Waals surface area contributed by atoms with Gasteiger partial charge in [0.05, 0.1) is 56.7 Å². The van der Waals surface area contributed by atoms with E-state index in [1.54, 1.807) is 0 Å². The van der Waals surface area contributed by atoms with E-state index in [0.717, 1.165) is 0 Å². The lowest BCUT2D eigenvalue weighted by molar-refractivity contribution is -0.349. The number of rotatable bonds is 13. The summed E-state index contributed by atoms with van der Waals surface area (Å²) >= 11 is 0. The predicted molar refractivity (Wildman–Crippen MR) is 151 cm³/mol. The van der Waals surface area contributed by atoms with Crippen molar-refractivity contribution < 1.29 is 114 Å². The first kappa shape index (κ1) is 42.1. The first-order chi connectivity index (χ1) is 23.3. The molecule has 1 aliphatic carbocycles. The van der Waals surface area contributed by atoms with Crippen LogP contribution in [0.4, 0.5) is 0 Å². The van der Waals surface area contributed by atoms with Gasteiger partial charge in [-0.3, -0.25) is 4.52 Å². The summed E-state index contributed by atoms with van der Waals surface area (Å²) in [6.07, 6.45) is -32.9. The molecule has 50 heavy (non-hydrogen) atoms. The quantitative estimate of drug-likeness (QED) is 0.0612. The van der Waals surface area contributed by atoms with Crippen LogP contribution in [0.25, 0.3) is 0 Å². The van der Waals surface area contributed by atoms with Crippen LogP contribution < -0.4 is 5.73 Å². The van der Waals surface area contributed by atoms with Gasteiger partial charge in [-0.2, -0.15) is 0 Å². The third-order valence-corrected chi connectivity index (χ3v) is 9.69. The first-order valence-electron chi connectivity index (χ1n) is 15.4. The zero-order chi connectivity index (χ0) is 37.4. The van der Waals surface area contributed by atoms with E-state index in [1.165, 1.54) is 0 Å². The summed E-state index contributed by atoms with van der Waals surface area (Å²) in [4.78, 5) is 18.0. The third kappa shape index (κ3) is 8.98. The van der Waals surface area contributed by atoms with Gasteiger partial charge in [0.1, 0.15) is 67.1 Å². The molecule has 0 amide bonds. The van der Waals surface area contributed by atoms with Crippen molar-refractivity contribution in [2.24, 2.45) is 17.6 Å². The van der Waals surface area contributed by atoms with E-state index in [4.69, 9.17) is 43.9 Å². The minimum Gasteiger partial charge on any atom is -0.396 e. The number of aliphatic hydroxyl groups is 13. The van der Waals surface area contributed by atoms with Gasteiger partial charge in [0, 0.05) is 5.92 Å². The van der Waals surface area contributed by atoms with Crippen molar-refractivity contribution in [1.29, 1.82) is 0 Å². The summed E-state index contributed by atoms with van der Waals surface area (Å²) in [6, 6.07) is -1.42. The molecule has 3 aliphatic heterocycles. The highest BCUT2D eigenvalue weighted by atomic mass is 31.2. The van der Waals surface area contributed by atoms with E-state index in [-0.39, 0.29) is 0 Å². The summed E-state index contributed by atoms with van der Waals surface area (Å²) in [5.41, 5.74) is 5.68. The molecule has 3 heterocycles. The van der Waals surface area contributed by atoms with E-state index in [9.17, 15) is 70.9 Å². The monoisotopic (exact) mass is 759 g/mol. The molecule has 4 aliphatic rings. The number of aliphatic hydroxyl groups excluding tert-OH is 13. The topological polar surface area (TPSA) is 411 Å². The maximum Gasteiger partial charge on any atom is 0.469 e. The minimum atomic E-state index is -5.08. The highest BCUT2D eigenvalue weighted by molar-refractivity contribution is 7.46. The summed E-state index contributed by atoms with van der Waals surface area (Å²) < 4.78 is 47.9. The van der Waals surface area contributed by atoms with Gasteiger partial charge in [-0.05, 0) is 0 Å². The fraction of sp³-hybridized carbons (Fsp3) is 1.00. The molecule has 0 aromatic heterocycles. The number of nitrogens with two attached hydrogens (primary N) is 1. The largest absolute Gasteiger partial charge is 0.469 e. The lowest BCUT2D eigenvalue weighted by Gasteiger charge is -2.45. The highest BCUT2D eigenvalue weighted by Crippen LogP contribution is 2.41.